The largest absolute Gasteiger partial charge is 0.367 e. The van der Waals surface area contributed by atoms with E-state index in [4.69, 9.17) is 0 Å². The summed E-state index contributed by atoms with van der Waals surface area (Å²) in [5.41, 5.74) is 3.99. The number of H-pyrrole nitrogens is 2. The van der Waals surface area contributed by atoms with Gasteiger partial charge in [-0.1, -0.05) is 12.1 Å². The van der Waals surface area contributed by atoms with Gasteiger partial charge in [0.25, 0.3) is 5.91 Å². The van der Waals surface area contributed by atoms with Crippen LogP contribution >= 0.6 is 0 Å². The van der Waals surface area contributed by atoms with Crippen LogP contribution in [-0.2, 0) is 0 Å². The first-order valence-corrected chi connectivity index (χ1v) is 8.84. The van der Waals surface area contributed by atoms with Crippen LogP contribution in [0.25, 0.3) is 21.8 Å². The van der Waals surface area contributed by atoms with E-state index in [1.54, 1.807) is 6.20 Å². The molecule has 6 heteroatoms. The van der Waals surface area contributed by atoms with Crippen LogP contribution in [0.15, 0.2) is 54.9 Å². The van der Waals surface area contributed by atoms with Gasteiger partial charge in [-0.25, -0.2) is 0 Å². The molecule has 0 radical (unpaired) electrons. The number of amides is 1. The summed E-state index contributed by atoms with van der Waals surface area (Å²) in [5, 5.41) is 9.10. The fourth-order valence-electron chi connectivity index (χ4n) is 3.82. The van der Waals surface area contributed by atoms with Gasteiger partial charge in [-0.2, -0.15) is 5.10 Å². The van der Waals surface area contributed by atoms with Gasteiger partial charge in [-0.15, -0.1) is 0 Å². The number of hydrogen-bond acceptors (Lipinski definition) is 3. The van der Waals surface area contributed by atoms with Crippen molar-refractivity contribution in [3.63, 3.8) is 0 Å². The van der Waals surface area contributed by atoms with E-state index in [0.29, 0.717) is 13.1 Å². The van der Waals surface area contributed by atoms with Crippen LogP contribution < -0.4 is 4.90 Å². The summed E-state index contributed by atoms with van der Waals surface area (Å²) in [6.45, 7) is 3.09. The molecule has 1 saturated heterocycles. The van der Waals surface area contributed by atoms with Gasteiger partial charge in [-0.05, 0) is 30.3 Å². The van der Waals surface area contributed by atoms with Gasteiger partial charge in [0.05, 0.1) is 17.3 Å². The molecule has 5 rings (SSSR count). The lowest BCUT2D eigenvalue weighted by molar-refractivity contribution is 0.0749. The fourth-order valence-corrected chi connectivity index (χ4v) is 3.82. The van der Waals surface area contributed by atoms with E-state index in [0.717, 1.165) is 35.1 Å². The lowest BCUT2D eigenvalue weighted by Crippen LogP contribution is -2.48. The minimum atomic E-state index is 0.0801. The molecule has 2 aromatic heterocycles. The van der Waals surface area contributed by atoms with Gasteiger partial charge < -0.3 is 14.8 Å². The van der Waals surface area contributed by atoms with Crippen LogP contribution in [0.4, 0.5) is 5.69 Å². The molecule has 4 aromatic rings. The van der Waals surface area contributed by atoms with Crippen molar-refractivity contribution >= 4 is 33.4 Å². The number of piperazine rings is 1. The summed E-state index contributed by atoms with van der Waals surface area (Å²) >= 11 is 0. The minimum Gasteiger partial charge on any atom is -0.367 e. The van der Waals surface area contributed by atoms with E-state index in [9.17, 15) is 4.79 Å². The lowest BCUT2D eigenvalue weighted by atomic mass is 10.1. The second-order valence-electron chi connectivity index (χ2n) is 6.63. The Kier molecular flexibility index (Phi) is 3.41. The highest BCUT2D eigenvalue weighted by Crippen LogP contribution is 2.27. The van der Waals surface area contributed by atoms with Crippen LogP contribution in [0.3, 0.4) is 0 Å². The summed E-state index contributed by atoms with van der Waals surface area (Å²) < 4.78 is 0. The Hall–Kier alpha value is -3.28. The first-order valence-electron chi connectivity index (χ1n) is 8.84. The van der Waals surface area contributed by atoms with Crippen molar-refractivity contribution in [2.24, 2.45) is 0 Å². The Balaban J connectivity index is 1.36. The zero-order valence-electron chi connectivity index (χ0n) is 14.3. The number of carbonyl (C=O) groups is 1. The van der Waals surface area contributed by atoms with Crippen LogP contribution in [0, 0.1) is 0 Å². The third kappa shape index (κ3) is 2.34. The molecule has 1 fully saturated rings. The number of fused-ring (bicyclic) bond motifs is 2. The van der Waals surface area contributed by atoms with Gasteiger partial charge in [0, 0.05) is 54.4 Å². The average molecular weight is 345 g/mol. The van der Waals surface area contributed by atoms with Gasteiger partial charge >= 0.3 is 0 Å². The lowest BCUT2D eigenvalue weighted by Gasteiger charge is -2.36. The van der Waals surface area contributed by atoms with Crippen LogP contribution in [0.2, 0.25) is 0 Å². The van der Waals surface area contributed by atoms with Crippen LogP contribution in [0.1, 0.15) is 10.4 Å². The van der Waals surface area contributed by atoms with Gasteiger partial charge in [0.15, 0.2) is 0 Å². The standard InChI is InChI=1S/C20H19N5O/c26-20(14-3-1-5-18-16(14)13-22-23-18)25-11-9-24(10-12-25)19-6-2-4-17-15(19)7-8-21-17/h1-8,13,21H,9-12H2,(H,22,23). The highest BCUT2D eigenvalue weighted by molar-refractivity contribution is 6.06. The monoisotopic (exact) mass is 345 g/mol. The van der Waals surface area contributed by atoms with Crippen molar-refractivity contribution in [2.45, 2.75) is 0 Å². The fraction of sp³-hybridized carbons (Fsp3) is 0.200. The number of anilines is 1. The zero-order valence-corrected chi connectivity index (χ0v) is 14.3. The SMILES string of the molecule is O=C(c1cccc2[nH]ncc12)N1CCN(c2cccc3[nH]ccc23)CC1. The number of nitrogens with zero attached hydrogens (tertiary/aromatic N) is 3. The van der Waals surface area contributed by atoms with Gasteiger partial charge in [0.1, 0.15) is 0 Å². The third-order valence-corrected chi connectivity index (χ3v) is 5.19. The molecule has 2 N–H and O–H groups in total. The van der Waals surface area contributed by atoms with E-state index in [2.05, 4.69) is 44.3 Å². The van der Waals surface area contributed by atoms with Gasteiger partial charge in [0.2, 0.25) is 0 Å². The smallest absolute Gasteiger partial charge is 0.254 e. The predicted octanol–water partition coefficient (Wildman–Crippen LogP) is 3.01. The molecule has 0 aliphatic carbocycles. The quantitative estimate of drug-likeness (QED) is 0.587. The molecule has 0 saturated carbocycles. The normalized spacial score (nSPS) is 15.1. The van der Waals surface area contributed by atoms with E-state index < -0.39 is 0 Å². The highest BCUT2D eigenvalue weighted by atomic mass is 16.2. The van der Waals surface area contributed by atoms with Crippen molar-refractivity contribution < 1.29 is 4.79 Å². The first-order chi connectivity index (χ1) is 12.8. The van der Waals surface area contributed by atoms with Crippen LogP contribution in [0.5, 0.6) is 0 Å². The number of benzene rings is 2. The van der Waals surface area contributed by atoms with Crippen molar-refractivity contribution in [3.05, 3.63) is 60.4 Å². The first kappa shape index (κ1) is 15.0. The van der Waals surface area contributed by atoms with E-state index in [1.165, 1.54) is 11.1 Å². The number of nitrogens with one attached hydrogen (secondary N) is 2. The summed E-state index contributed by atoms with van der Waals surface area (Å²) in [4.78, 5) is 20.5. The van der Waals surface area contributed by atoms with Crippen molar-refractivity contribution in [1.82, 2.24) is 20.1 Å². The van der Waals surface area contributed by atoms with Crippen LogP contribution in [-0.4, -0.2) is 52.2 Å². The number of aromatic nitrogens is 3. The summed E-state index contributed by atoms with van der Waals surface area (Å²) in [6.07, 6.45) is 3.70. The molecule has 0 bridgehead atoms. The van der Waals surface area contributed by atoms with E-state index in [1.807, 2.05) is 29.3 Å². The highest BCUT2D eigenvalue weighted by Gasteiger charge is 2.24. The molecule has 130 valence electrons. The van der Waals surface area contributed by atoms with Gasteiger partial charge in [-0.3, -0.25) is 9.89 Å². The minimum absolute atomic E-state index is 0.0801. The zero-order chi connectivity index (χ0) is 17.5. The molecule has 0 unspecified atom stereocenters. The topological polar surface area (TPSA) is 68.0 Å². The number of hydrogen-bond donors (Lipinski definition) is 2. The maximum atomic E-state index is 13.0. The maximum Gasteiger partial charge on any atom is 0.254 e. The Labute approximate surface area is 150 Å². The van der Waals surface area contributed by atoms with E-state index in [-0.39, 0.29) is 5.91 Å². The molecule has 3 heterocycles. The second kappa shape index (κ2) is 5.91. The molecule has 1 amide bonds. The molecule has 0 spiro atoms. The molecular formula is C20H19N5O. The molecule has 2 aromatic carbocycles. The van der Waals surface area contributed by atoms with Crippen molar-refractivity contribution in [2.75, 3.05) is 31.1 Å². The Morgan fingerprint density at radius 2 is 1.73 bits per heavy atom. The predicted molar refractivity (Wildman–Crippen MR) is 103 cm³/mol. The Bertz CT molecular complexity index is 1090. The van der Waals surface area contributed by atoms with Crippen molar-refractivity contribution in [3.8, 4) is 0 Å². The Morgan fingerprint density at radius 1 is 0.923 bits per heavy atom. The number of rotatable bonds is 2. The summed E-state index contributed by atoms with van der Waals surface area (Å²) in [6, 6.07) is 14.1. The molecule has 6 nitrogen and oxygen atoms in total. The second-order valence-corrected chi connectivity index (χ2v) is 6.63. The molecule has 0 atom stereocenters. The number of carbonyl (C=O) groups excluding carboxylic acids is 1. The molecule has 26 heavy (non-hydrogen) atoms. The van der Waals surface area contributed by atoms with E-state index >= 15 is 0 Å². The summed E-state index contributed by atoms with van der Waals surface area (Å²) in [5.74, 6) is 0.0801. The maximum absolute atomic E-state index is 13.0. The average Bonchev–Trinajstić information content (AvgIpc) is 3.36. The molecule has 1 aliphatic heterocycles. The molecular weight excluding hydrogens is 326 g/mol. The Morgan fingerprint density at radius 3 is 2.62 bits per heavy atom. The molecule has 1 aliphatic rings. The third-order valence-electron chi connectivity index (χ3n) is 5.19. The number of aromatic amines is 2. The van der Waals surface area contributed by atoms with Crippen molar-refractivity contribution in [1.29, 1.82) is 0 Å². The summed E-state index contributed by atoms with van der Waals surface area (Å²) in [7, 11) is 0.